The molecule has 33 heavy (non-hydrogen) atoms. The van der Waals surface area contributed by atoms with Gasteiger partial charge in [0.2, 0.25) is 0 Å². The highest BCUT2D eigenvalue weighted by atomic mass is 16.1. The second-order valence-corrected chi connectivity index (χ2v) is 9.64. The van der Waals surface area contributed by atoms with Crippen molar-refractivity contribution in [2.75, 3.05) is 20.1 Å². The highest BCUT2D eigenvalue weighted by Gasteiger charge is 2.22. The van der Waals surface area contributed by atoms with E-state index in [1.54, 1.807) is 24.0 Å². The number of fused-ring (bicyclic) bond motifs is 1. The predicted octanol–water partition coefficient (Wildman–Crippen LogP) is 4.92. The minimum atomic E-state index is -0.0553. The Morgan fingerprint density at radius 3 is 2.45 bits per heavy atom. The fourth-order valence-corrected chi connectivity index (χ4v) is 5.15. The SMILES string of the molecule is CC(C)c1c(-c2cc(-c3cncnc3)c(=O)n(C)c2)[nH]c2ccc(C3CCN(C)CC3)cc12. The lowest BCUT2D eigenvalue weighted by atomic mass is 9.87. The van der Waals surface area contributed by atoms with E-state index in [9.17, 15) is 4.79 Å². The molecule has 1 aromatic carbocycles. The molecule has 0 amide bonds. The number of nitrogens with zero attached hydrogens (tertiary/aromatic N) is 4. The topological polar surface area (TPSA) is 66.8 Å². The van der Waals surface area contributed by atoms with E-state index >= 15 is 0 Å². The molecule has 4 heterocycles. The van der Waals surface area contributed by atoms with Crippen LogP contribution in [0.15, 0.2) is 54.0 Å². The number of benzene rings is 1. The highest BCUT2D eigenvalue weighted by molar-refractivity contribution is 5.92. The molecule has 0 radical (unpaired) electrons. The summed E-state index contributed by atoms with van der Waals surface area (Å²) in [5, 5.41) is 1.29. The van der Waals surface area contributed by atoms with Crippen molar-refractivity contribution in [2.24, 2.45) is 7.05 Å². The number of rotatable bonds is 4. The fourth-order valence-electron chi connectivity index (χ4n) is 5.15. The van der Waals surface area contributed by atoms with Gasteiger partial charge in [-0.2, -0.15) is 0 Å². The van der Waals surface area contributed by atoms with Crippen molar-refractivity contribution in [3.05, 3.63) is 70.7 Å². The normalized spacial score (nSPS) is 15.5. The summed E-state index contributed by atoms with van der Waals surface area (Å²) in [6.45, 7) is 6.79. The second-order valence-electron chi connectivity index (χ2n) is 9.64. The van der Waals surface area contributed by atoms with Crippen LogP contribution in [-0.4, -0.2) is 44.6 Å². The van der Waals surface area contributed by atoms with Crippen molar-refractivity contribution in [3.8, 4) is 22.4 Å². The summed E-state index contributed by atoms with van der Waals surface area (Å²) < 4.78 is 1.65. The molecule has 3 aromatic heterocycles. The van der Waals surface area contributed by atoms with E-state index in [4.69, 9.17) is 0 Å². The maximum atomic E-state index is 12.9. The summed E-state index contributed by atoms with van der Waals surface area (Å²) in [6, 6.07) is 8.88. The van der Waals surface area contributed by atoms with Crippen LogP contribution >= 0.6 is 0 Å². The number of hydrogen-bond donors (Lipinski definition) is 1. The van der Waals surface area contributed by atoms with Crippen LogP contribution in [0.2, 0.25) is 0 Å². The number of likely N-dealkylation sites (tertiary alicyclic amines) is 1. The molecule has 6 nitrogen and oxygen atoms in total. The molecule has 1 aliphatic heterocycles. The van der Waals surface area contributed by atoms with Gasteiger partial charge in [0.1, 0.15) is 6.33 Å². The van der Waals surface area contributed by atoms with E-state index in [1.807, 2.05) is 12.3 Å². The zero-order valence-electron chi connectivity index (χ0n) is 19.8. The fraction of sp³-hybridized carbons (Fsp3) is 0.370. The quantitative estimate of drug-likeness (QED) is 0.488. The summed E-state index contributed by atoms with van der Waals surface area (Å²) >= 11 is 0. The molecule has 0 bridgehead atoms. The number of H-pyrrole nitrogens is 1. The first-order valence-electron chi connectivity index (χ1n) is 11.7. The second kappa shape index (κ2) is 8.60. The van der Waals surface area contributed by atoms with Crippen LogP contribution in [0.25, 0.3) is 33.3 Å². The standard InChI is InChI=1S/C27H31N5O/c1-17(2)25-23-11-19(18-7-9-31(3)10-8-18)5-6-24(23)30-26(25)20-12-22(27(33)32(4)15-20)21-13-28-16-29-14-21/h5-6,11-18,30H,7-10H2,1-4H3. The van der Waals surface area contributed by atoms with Gasteiger partial charge in [-0.3, -0.25) is 4.79 Å². The van der Waals surface area contributed by atoms with E-state index in [0.29, 0.717) is 17.4 Å². The number of nitrogens with one attached hydrogen (secondary N) is 1. The maximum Gasteiger partial charge on any atom is 0.258 e. The van der Waals surface area contributed by atoms with Gasteiger partial charge in [-0.1, -0.05) is 19.9 Å². The Morgan fingerprint density at radius 2 is 1.76 bits per heavy atom. The van der Waals surface area contributed by atoms with Gasteiger partial charge in [-0.15, -0.1) is 0 Å². The van der Waals surface area contributed by atoms with E-state index in [0.717, 1.165) is 35.4 Å². The molecule has 0 aliphatic carbocycles. The lowest BCUT2D eigenvalue weighted by Gasteiger charge is -2.29. The van der Waals surface area contributed by atoms with E-state index in [-0.39, 0.29) is 5.56 Å². The van der Waals surface area contributed by atoms with E-state index in [1.165, 1.54) is 35.7 Å². The highest BCUT2D eigenvalue weighted by Crippen LogP contribution is 2.38. The van der Waals surface area contributed by atoms with Crippen molar-refractivity contribution in [1.29, 1.82) is 0 Å². The van der Waals surface area contributed by atoms with Crippen LogP contribution < -0.4 is 5.56 Å². The Hall–Kier alpha value is -3.25. The Morgan fingerprint density at radius 1 is 1.03 bits per heavy atom. The monoisotopic (exact) mass is 441 g/mol. The Bertz CT molecular complexity index is 1340. The Kier molecular flexibility index (Phi) is 5.62. The van der Waals surface area contributed by atoms with Crippen LogP contribution in [0.1, 0.15) is 49.7 Å². The average molecular weight is 442 g/mol. The minimum Gasteiger partial charge on any atom is -0.354 e. The molecule has 0 unspecified atom stereocenters. The van der Waals surface area contributed by atoms with Gasteiger partial charge in [0, 0.05) is 47.7 Å². The molecule has 4 aromatic rings. The number of aromatic amines is 1. The lowest BCUT2D eigenvalue weighted by Crippen LogP contribution is -2.29. The largest absolute Gasteiger partial charge is 0.354 e. The van der Waals surface area contributed by atoms with Crippen molar-refractivity contribution >= 4 is 10.9 Å². The number of hydrogen-bond acceptors (Lipinski definition) is 4. The number of pyridine rings is 1. The van der Waals surface area contributed by atoms with Gasteiger partial charge in [-0.05, 0) is 74.1 Å². The molecule has 5 rings (SSSR count). The Labute approximate surface area is 194 Å². The molecule has 0 saturated carbocycles. The first-order chi connectivity index (χ1) is 15.9. The number of aromatic nitrogens is 4. The molecule has 6 heteroatoms. The van der Waals surface area contributed by atoms with Gasteiger partial charge in [0.25, 0.3) is 5.56 Å². The molecule has 1 saturated heterocycles. The Balaban J connectivity index is 1.65. The lowest BCUT2D eigenvalue weighted by molar-refractivity contribution is 0.255. The molecule has 1 fully saturated rings. The van der Waals surface area contributed by atoms with Crippen LogP contribution in [0.3, 0.4) is 0 Å². The molecule has 170 valence electrons. The van der Waals surface area contributed by atoms with Crippen molar-refractivity contribution in [1.82, 2.24) is 24.4 Å². The van der Waals surface area contributed by atoms with Crippen LogP contribution in [0.5, 0.6) is 0 Å². The van der Waals surface area contributed by atoms with Crippen LogP contribution in [0.4, 0.5) is 0 Å². The summed E-state index contributed by atoms with van der Waals surface area (Å²) in [7, 11) is 4.01. The predicted molar refractivity (Wildman–Crippen MR) is 134 cm³/mol. The zero-order chi connectivity index (χ0) is 23.1. The van der Waals surface area contributed by atoms with Gasteiger partial charge >= 0.3 is 0 Å². The molecular formula is C27H31N5O. The van der Waals surface area contributed by atoms with Gasteiger partial charge in [-0.25, -0.2) is 9.97 Å². The smallest absolute Gasteiger partial charge is 0.258 e. The first kappa shape index (κ1) is 21.6. The molecule has 1 aliphatic rings. The minimum absolute atomic E-state index is 0.0553. The molecule has 1 N–H and O–H groups in total. The van der Waals surface area contributed by atoms with Crippen molar-refractivity contribution in [3.63, 3.8) is 0 Å². The third-order valence-electron chi connectivity index (χ3n) is 6.97. The third-order valence-corrected chi connectivity index (χ3v) is 6.97. The maximum absolute atomic E-state index is 12.9. The zero-order valence-corrected chi connectivity index (χ0v) is 19.8. The molecular weight excluding hydrogens is 410 g/mol. The van der Waals surface area contributed by atoms with E-state index in [2.05, 4.69) is 58.9 Å². The molecule has 0 spiro atoms. The average Bonchev–Trinajstić information content (AvgIpc) is 3.21. The van der Waals surface area contributed by atoms with Crippen LogP contribution in [0, 0.1) is 0 Å². The van der Waals surface area contributed by atoms with Crippen molar-refractivity contribution < 1.29 is 0 Å². The first-order valence-corrected chi connectivity index (χ1v) is 11.7. The van der Waals surface area contributed by atoms with E-state index < -0.39 is 0 Å². The summed E-state index contributed by atoms with van der Waals surface area (Å²) in [5.41, 5.74) is 7.23. The summed E-state index contributed by atoms with van der Waals surface area (Å²) in [5.74, 6) is 0.952. The van der Waals surface area contributed by atoms with Gasteiger partial charge in [0.15, 0.2) is 0 Å². The van der Waals surface area contributed by atoms with Gasteiger partial charge < -0.3 is 14.5 Å². The summed E-state index contributed by atoms with van der Waals surface area (Å²) in [4.78, 5) is 27.2. The molecule has 0 atom stereocenters. The number of aryl methyl sites for hydroxylation is 1. The van der Waals surface area contributed by atoms with Gasteiger partial charge in [0.05, 0.1) is 11.3 Å². The summed E-state index contributed by atoms with van der Waals surface area (Å²) in [6.07, 6.45) is 9.20. The van der Waals surface area contributed by atoms with Crippen molar-refractivity contribution in [2.45, 2.75) is 38.5 Å². The number of piperidine rings is 1. The van der Waals surface area contributed by atoms with Crippen LogP contribution in [-0.2, 0) is 7.05 Å². The third kappa shape index (κ3) is 4.00.